The highest BCUT2D eigenvalue weighted by Crippen LogP contribution is 2.38. The molecule has 0 bridgehead atoms. The monoisotopic (exact) mass is 486 g/mol. The maximum absolute atomic E-state index is 13.4. The smallest absolute Gasteiger partial charge is 0.270 e. The van der Waals surface area contributed by atoms with Crippen LogP contribution in [0.25, 0.3) is 28.1 Å². The maximum Gasteiger partial charge on any atom is 0.270 e. The van der Waals surface area contributed by atoms with E-state index in [1.54, 1.807) is 42.5 Å². The van der Waals surface area contributed by atoms with Gasteiger partial charge in [-0.05, 0) is 35.4 Å². The first-order chi connectivity index (χ1) is 17.4. The molecule has 9 nitrogen and oxygen atoms in total. The van der Waals surface area contributed by atoms with E-state index in [4.69, 9.17) is 14.2 Å². The van der Waals surface area contributed by atoms with Gasteiger partial charge in [0.1, 0.15) is 0 Å². The summed E-state index contributed by atoms with van der Waals surface area (Å²) < 4.78 is 16.0. The molecule has 0 aliphatic heterocycles. The van der Waals surface area contributed by atoms with Crippen LogP contribution >= 0.6 is 0 Å². The number of benzene rings is 3. The number of fused-ring (bicyclic) bond motifs is 1. The number of nitrogens with zero attached hydrogens (tertiary/aromatic N) is 1. The number of nitro groups is 1. The van der Waals surface area contributed by atoms with Crippen molar-refractivity contribution in [3.8, 4) is 28.4 Å². The minimum atomic E-state index is -0.602. The number of nitro benzene ring substituents is 1. The number of aromatic amines is 1. The van der Waals surface area contributed by atoms with Gasteiger partial charge in [0.25, 0.3) is 11.2 Å². The van der Waals surface area contributed by atoms with Crippen molar-refractivity contribution in [2.75, 3.05) is 21.3 Å². The molecule has 0 spiro atoms. The lowest BCUT2D eigenvalue weighted by molar-refractivity contribution is -0.384. The molecule has 0 atom stereocenters. The second-order valence-corrected chi connectivity index (χ2v) is 7.71. The molecule has 0 unspecified atom stereocenters. The number of pyridine rings is 1. The molecule has 1 heterocycles. The molecule has 4 rings (SSSR count). The first-order valence-electron chi connectivity index (χ1n) is 10.8. The van der Waals surface area contributed by atoms with Gasteiger partial charge in [-0.25, -0.2) is 0 Å². The van der Waals surface area contributed by atoms with Gasteiger partial charge in [0.2, 0.25) is 5.75 Å². The SMILES string of the molecule is COc1cc(C=CC(=O)c2c(-c3ccccc3)c3cc([N+](=O)[O-])ccc3[nH]c2=O)cc(OC)c1OC. The van der Waals surface area contributed by atoms with Crippen LogP contribution in [0, 0.1) is 10.1 Å². The molecule has 1 aromatic heterocycles. The van der Waals surface area contributed by atoms with Crippen LogP contribution in [-0.4, -0.2) is 37.0 Å². The van der Waals surface area contributed by atoms with E-state index in [1.165, 1.54) is 51.7 Å². The van der Waals surface area contributed by atoms with Crippen molar-refractivity contribution in [3.63, 3.8) is 0 Å². The number of allylic oxidation sites excluding steroid dienone is 1. The molecular weight excluding hydrogens is 464 g/mol. The molecule has 182 valence electrons. The Morgan fingerprint density at radius 1 is 0.944 bits per heavy atom. The van der Waals surface area contributed by atoms with Crippen LogP contribution in [0.1, 0.15) is 15.9 Å². The highest BCUT2D eigenvalue weighted by atomic mass is 16.6. The average molecular weight is 486 g/mol. The first-order valence-corrected chi connectivity index (χ1v) is 10.8. The van der Waals surface area contributed by atoms with E-state index in [0.29, 0.717) is 44.8 Å². The van der Waals surface area contributed by atoms with Crippen molar-refractivity contribution in [3.05, 3.63) is 98.3 Å². The summed E-state index contributed by atoms with van der Waals surface area (Å²) >= 11 is 0. The van der Waals surface area contributed by atoms with E-state index in [0.717, 1.165) is 0 Å². The third-order valence-electron chi connectivity index (χ3n) is 5.63. The number of carbonyl (C=O) groups excluding carboxylic acids is 1. The van der Waals surface area contributed by atoms with Crippen LogP contribution in [0.4, 0.5) is 5.69 Å². The Morgan fingerprint density at radius 2 is 1.61 bits per heavy atom. The van der Waals surface area contributed by atoms with E-state index >= 15 is 0 Å². The molecule has 0 radical (unpaired) electrons. The number of rotatable bonds is 8. The fourth-order valence-corrected chi connectivity index (χ4v) is 3.99. The van der Waals surface area contributed by atoms with Crippen molar-refractivity contribution >= 4 is 28.4 Å². The standard InChI is InChI=1S/C27H22N2O7/c1-34-22-13-16(14-23(35-2)26(22)36-3)9-12-21(30)25-24(17-7-5-4-6-8-17)19-15-18(29(32)33)10-11-20(19)28-27(25)31/h4-15H,1-3H3,(H,28,31). The number of ether oxygens (including phenoxy) is 3. The van der Waals surface area contributed by atoms with Gasteiger partial charge in [-0.15, -0.1) is 0 Å². The zero-order valence-corrected chi connectivity index (χ0v) is 19.7. The number of H-pyrrole nitrogens is 1. The summed E-state index contributed by atoms with van der Waals surface area (Å²) in [5.74, 6) is 0.647. The largest absolute Gasteiger partial charge is 0.493 e. The molecule has 0 amide bonds. The van der Waals surface area contributed by atoms with E-state index in [-0.39, 0.29) is 11.3 Å². The van der Waals surface area contributed by atoms with E-state index in [9.17, 15) is 19.7 Å². The van der Waals surface area contributed by atoms with Gasteiger partial charge in [-0.2, -0.15) is 0 Å². The molecule has 0 aliphatic rings. The predicted octanol–water partition coefficient (Wildman–Crippen LogP) is 5.03. The third-order valence-corrected chi connectivity index (χ3v) is 5.63. The number of nitrogens with one attached hydrogen (secondary N) is 1. The van der Waals surface area contributed by atoms with Crippen LogP contribution < -0.4 is 19.8 Å². The Hall–Kier alpha value is -4.92. The van der Waals surface area contributed by atoms with Crippen molar-refractivity contribution in [1.29, 1.82) is 0 Å². The predicted molar refractivity (Wildman–Crippen MR) is 136 cm³/mol. The summed E-state index contributed by atoms with van der Waals surface area (Å²) in [5.41, 5.74) is 0.975. The Balaban J connectivity index is 1.89. The zero-order chi connectivity index (χ0) is 25.8. The Morgan fingerprint density at radius 3 is 2.19 bits per heavy atom. The molecule has 3 aromatic carbocycles. The Bertz CT molecular complexity index is 1530. The normalized spacial score (nSPS) is 11.0. The van der Waals surface area contributed by atoms with Gasteiger partial charge in [0, 0.05) is 28.6 Å². The number of carbonyl (C=O) groups is 1. The van der Waals surface area contributed by atoms with Gasteiger partial charge < -0.3 is 19.2 Å². The first kappa shape index (κ1) is 24.2. The van der Waals surface area contributed by atoms with E-state index in [1.807, 2.05) is 0 Å². The van der Waals surface area contributed by atoms with E-state index < -0.39 is 16.3 Å². The summed E-state index contributed by atoms with van der Waals surface area (Å²) in [6.45, 7) is 0. The van der Waals surface area contributed by atoms with Crippen molar-refractivity contribution in [1.82, 2.24) is 4.98 Å². The highest BCUT2D eigenvalue weighted by molar-refractivity contribution is 6.15. The van der Waals surface area contributed by atoms with Gasteiger partial charge in [-0.3, -0.25) is 19.7 Å². The number of hydrogen-bond donors (Lipinski definition) is 1. The molecule has 0 saturated heterocycles. The number of methoxy groups -OCH3 is 3. The fraction of sp³-hybridized carbons (Fsp3) is 0.111. The van der Waals surface area contributed by atoms with Gasteiger partial charge in [0.05, 0.1) is 31.8 Å². The Labute approximate surface area is 205 Å². The minimum Gasteiger partial charge on any atom is -0.493 e. The summed E-state index contributed by atoms with van der Waals surface area (Å²) in [6.07, 6.45) is 2.79. The van der Waals surface area contributed by atoms with Crippen molar-refractivity contribution in [2.24, 2.45) is 0 Å². The van der Waals surface area contributed by atoms with Crippen molar-refractivity contribution in [2.45, 2.75) is 0 Å². The number of hydrogen-bond acceptors (Lipinski definition) is 7. The second kappa shape index (κ2) is 10.1. The molecule has 0 aliphatic carbocycles. The topological polar surface area (TPSA) is 121 Å². The summed E-state index contributed by atoms with van der Waals surface area (Å²) in [5, 5.41) is 11.8. The lowest BCUT2D eigenvalue weighted by Gasteiger charge is -2.13. The lowest BCUT2D eigenvalue weighted by atomic mass is 9.93. The number of aromatic nitrogens is 1. The highest BCUT2D eigenvalue weighted by Gasteiger charge is 2.21. The molecule has 9 heteroatoms. The van der Waals surface area contributed by atoms with Gasteiger partial charge in [0.15, 0.2) is 17.3 Å². The van der Waals surface area contributed by atoms with Gasteiger partial charge >= 0.3 is 0 Å². The molecule has 1 N–H and O–H groups in total. The molecule has 0 fully saturated rings. The molecule has 4 aromatic rings. The van der Waals surface area contributed by atoms with Crippen LogP contribution in [0.15, 0.2) is 71.5 Å². The summed E-state index contributed by atoms with van der Waals surface area (Å²) in [7, 11) is 4.45. The Kier molecular flexibility index (Phi) is 6.82. The van der Waals surface area contributed by atoms with Gasteiger partial charge in [-0.1, -0.05) is 36.4 Å². The fourth-order valence-electron chi connectivity index (χ4n) is 3.99. The number of non-ortho nitro benzene ring substituents is 1. The van der Waals surface area contributed by atoms with Crippen LogP contribution in [-0.2, 0) is 0 Å². The minimum absolute atomic E-state index is 0.127. The lowest BCUT2D eigenvalue weighted by Crippen LogP contribution is -2.18. The summed E-state index contributed by atoms with van der Waals surface area (Å²) in [4.78, 5) is 40.0. The van der Waals surface area contributed by atoms with Crippen LogP contribution in [0.5, 0.6) is 17.2 Å². The number of ketones is 1. The summed E-state index contributed by atoms with van der Waals surface area (Å²) in [6, 6.07) is 16.3. The van der Waals surface area contributed by atoms with Crippen LogP contribution in [0.2, 0.25) is 0 Å². The van der Waals surface area contributed by atoms with E-state index in [2.05, 4.69) is 4.98 Å². The molecular formula is C27H22N2O7. The maximum atomic E-state index is 13.4. The van der Waals surface area contributed by atoms with Crippen LogP contribution in [0.3, 0.4) is 0 Å². The van der Waals surface area contributed by atoms with Crippen molar-refractivity contribution < 1.29 is 23.9 Å². The molecule has 36 heavy (non-hydrogen) atoms. The zero-order valence-electron chi connectivity index (χ0n) is 19.7. The average Bonchev–Trinajstić information content (AvgIpc) is 2.90. The molecule has 0 saturated carbocycles. The third kappa shape index (κ3) is 4.54. The second-order valence-electron chi connectivity index (χ2n) is 7.71. The quantitative estimate of drug-likeness (QED) is 0.161.